The highest BCUT2D eigenvalue weighted by Crippen LogP contribution is 2.06. The van der Waals surface area contributed by atoms with Crippen molar-refractivity contribution in [1.29, 1.82) is 0 Å². The van der Waals surface area contributed by atoms with Gasteiger partial charge in [0.1, 0.15) is 0 Å². The summed E-state index contributed by atoms with van der Waals surface area (Å²) in [5.41, 5.74) is 10.8. The van der Waals surface area contributed by atoms with Crippen molar-refractivity contribution in [3.63, 3.8) is 0 Å². The van der Waals surface area contributed by atoms with E-state index in [4.69, 9.17) is 11.5 Å². The van der Waals surface area contributed by atoms with E-state index in [9.17, 15) is 4.79 Å². The Bertz CT molecular complexity index is 149. The molecule has 1 heterocycles. The monoisotopic (exact) mass is 157 g/mol. The zero-order chi connectivity index (χ0) is 8.27. The molecule has 4 heteroatoms. The first-order valence-corrected chi connectivity index (χ1v) is 3.94. The largest absolute Gasteiger partial charge is 0.369 e. The third-order valence-electron chi connectivity index (χ3n) is 1.92. The fourth-order valence-corrected chi connectivity index (χ4v) is 1.46. The molecule has 1 aliphatic heterocycles. The third-order valence-corrected chi connectivity index (χ3v) is 1.92. The number of primary amides is 1. The van der Waals surface area contributed by atoms with Crippen LogP contribution in [0.2, 0.25) is 0 Å². The van der Waals surface area contributed by atoms with Crippen LogP contribution >= 0.6 is 0 Å². The second-order valence-corrected chi connectivity index (χ2v) is 3.10. The van der Waals surface area contributed by atoms with Gasteiger partial charge >= 0.3 is 0 Å². The summed E-state index contributed by atoms with van der Waals surface area (Å²) in [6.07, 6.45) is 2.14. The van der Waals surface area contributed by atoms with Gasteiger partial charge in [-0.05, 0) is 19.4 Å². The Hall–Kier alpha value is -0.610. The Kier molecular flexibility index (Phi) is 2.84. The number of nitrogens with zero attached hydrogens (tertiary/aromatic N) is 1. The van der Waals surface area contributed by atoms with Crippen molar-refractivity contribution >= 4 is 5.91 Å². The molecule has 0 aromatic heterocycles. The first-order chi connectivity index (χ1) is 5.18. The van der Waals surface area contributed by atoms with Crippen molar-refractivity contribution < 1.29 is 4.79 Å². The van der Waals surface area contributed by atoms with Crippen LogP contribution in [-0.2, 0) is 4.79 Å². The molecule has 0 aromatic rings. The number of hydrogen-bond acceptors (Lipinski definition) is 3. The maximum Gasteiger partial charge on any atom is 0.231 e. The normalized spacial score (nSPS) is 26.8. The van der Waals surface area contributed by atoms with Gasteiger partial charge in [-0.25, -0.2) is 0 Å². The molecule has 0 spiro atoms. The van der Waals surface area contributed by atoms with Crippen LogP contribution in [0.5, 0.6) is 0 Å². The molecule has 4 nitrogen and oxygen atoms in total. The molecule has 0 unspecified atom stereocenters. The van der Waals surface area contributed by atoms with Gasteiger partial charge in [-0.15, -0.1) is 0 Å². The van der Waals surface area contributed by atoms with E-state index in [0.717, 1.165) is 25.9 Å². The summed E-state index contributed by atoms with van der Waals surface area (Å²) in [4.78, 5) is 12.5. The molecule has 1 amide bonds. The number of piperidine rings is 1. The summed E-state index contributed by atoms with van der Waals surface area (Å²) < 4.78 is 0. The molecule has 0 saturated carbocycles. The minimum absolute atomic E-state index is 0.225. The second-order valence-electron chi connectivity index (χ2n) is 3.10. The van der Waals surface area contributed by atoms with Crippen LogP contribution < -0.4 is 11.5 Å². The van der Waals surface area contributed by atoms with Crippen LogP contribution in [0.15, 0.2) is 0 Å². The van der Waals surface area contributed by atoms with Crippen LogP contribution in [0.25, 0.3) is 0 Å². The van der Waals surface area contributed by atoms with Gasteiger partial charge < -0.3 is 11.5 Å². The lowest BCUT2D eigenvalue weighted by atomic mass is 10.1. The Morgan fingerprint density at radius 1 is 1.64 bits per heavy atom. The smallest absolute Gasteiger partial charge is 0.231 e. The minimum atomic E-state index is -0.265. The van der Waals surface area contributed by atoms with Gasteiger partial charge in [0.2, 0.25) is 5.91 Å². The van der Waals surface area contributed by atoms with E-state index in [0.29, 0.717) is 6.54 Å². The number of carbonyl (C=O) groups is 1. The summed E-state index contributed by atoms with van der Waals surface area (Å²) in [5.74, 6) is -0.265. The number of rotatable bonds is 2. The molecule has 0 aromatic carbocycles. The van der Waals surface area contributed by atoms with Crippen molar-refractivity contribution in [1.82, 2.24) is 4.90 Å². The topological polar surface area (TPSA) is 72.4 Å². The quantitative estimate of drug-likeness (QED) is 0.534. The average molecular weight is 157 g/mol. The predicted molar refractivity (Wildman–Crippen MR) is 42.8 cm³/mol. The predicted octanol–water partition coefficient (Wildman–Crippen LogP) is -1.11. The Morgan fingerprint density at radius 3 is 2.91 bits per heavy atom. The number of hydrogen-bond donors (Lipinski definition) is 2. The van der Waals surface area contributed by atoms with Crippen LogP contribution in [0.3, 0.4) is 0 Å². The number of amides is 1. The average Bonchev–Trinajstić information content (AvgIpc) is 1.85. The molecule has 1 fully saturated rings. The lowest BCUT2D eigenvalue weighted by Crippen LogP contribution is -2.45. The number of nitrogens with two attached hydrogens (primary N) is 2. The molecular weight excluding hydrogens is 142 g/mol. The second kappa shape index (κ2) is 3.69. The SMILES string of the molecule is NC(=O)CN1CCC[C@H](N)C1. The van der Waals surface area contributed by atoms with E-state index < -0.39 is 0 Å². The fourth-order valence-electron chi connectivity index (χ4n) is 1.46. The van der Waals surface area contributed by atoms with E-state index in [1.807, 2.05) is 4.90 Å². The van der Waals surface area contributed by atoms with E-state index in [2.05, 4.69) is 0 Å². The maximum absolute atomic E-state index is 10.5. The van der Waals surface area contributed by atoms with Crippen molar-refractivity contribution in [3.8, 4) is 0 Å². The highest BCUT2D eigenvalue weighted by molar-refractivity contribution is 5.75. The zero-order valence-electron chi connectivity index (χ0n) is 6.62. The van der Waals surface area contributed by atoms with Crippen LogP contribution in [0.4, 0.5) is 0 Å². The van der Waals surface area contributed by atoms with Crippen LogP contribution in [0.1, 0.15) is 12.8 Å². The van der Waals surface area contributed by atoms with E-state index >= 15 is 0 Å². The van der Waals surface area contributed by atoms with Gasteiger partial charge in [0.15, 0.2) is 0 Å². The summed E-state index contributed by atoms with van der Waals surface area (Å²) in [6, 6.07) is 0.225. The standard InChI is InChI=1S/C7H15N3O/c8-6-2-1-3-10(4-6)5-7(9)11/h6H,1-5,8H2,(H2,9,11)/t6-/m0/s1. The summed E-state index contributed by atoms with van der Waals surface area (Å²) in [7, 11) is 0. The molecule has 1 saturated heterocycles. The molecular formula is C7H15N3O. The molecule has 0 bridgehead atoms. The molecule has 11 heavy (non-hydrogen) atoms. The van der Waals surface area contributed by atoms with Gasteiger partial charge in [0, 0.05) is 12.6 Å². The lowest BCUT2D eigenvalue weighted by molar-refractivity contribution is -0.119. The molecule has 0 radical (unpaired) electrons. The fraction of sp³-hybridized carbons (Fsp3) is 0.857. The molecule has 4 N–H and O–H groups in total. The first kappa shape index (κ1) is 8.49. The zero-order valence-corrected chi connectivity index (χ0v) is 6.62. The maximum atomic E-state index is 10.5. The Labute approximate surface area is 66.5 Å². The third kappa shape index (κ3) is 2.86. The van der Waals surface area contributed by atoms with E-state index in [1.54, 1.807) is 0 Å². The lowest BCUT2D eigenvalue weighted by Gasteiger charge is -2.29. The first-order valence-electron chi connectivity index (χ1n) is 3.94. The van der Waals surface area contributed by atoms with Crippen molar-refractivity contribution in [2.45, 2.75) is 18.9 Å². The van der Waals surface area contributed by atoms with Gasteiger partial charge in [0.05, 0.1) is 6.54 Å². The van der Waals surface area contributed by atoms with Crippen molar-refractivity contribution in [3.05, 3.63) is 0 Å². The summed E-state index contributed by atoms with van der Waals surface area (Å²) in [5, 5.41) is 0. The van der Waals surface area contributed by atoms with Crippen molar-refractivity contribution in [2.24, 2.45) is 11.5 Å². The van der Waals surface area contributed by atoms with Gasteiger partial charge in [-0.2, -0.15) is 0 Å². The van der Waals surface area contributed by atoms with E-state index in [1.165, 1.54) is 0 Å². The molecule has 1 atom stereocenters. The number of likely N-dealkylation sites (tertiary alicyclic amines) is 1. The Balaban J connectivity index is 2.28. The van der Waals surface area contributed by atoms with Gasteiger partial charge in [0.25, 0.3) is 0 Å². The molecule has 1 aliphatic rings. The highest BCUT2D eigenvalue weighted by Gasteiger charge is 2.17. The molecule has 1 rings (SSSR count). The summed E-state index contributed by atoms with van der Waals surface area (Å²) in [6.45, 7) is 2.12. The highest BCUT2D eigenvalue weighted by atomic mass is 16.1. The van der Waals surface area contributed by atoms with E-state index in [-0.39, 0.29) is 11.9 Å². The molecule has 64 valence electrons. The number of carbonyl (C=O) groups excluding carboxylic acids is 1. The van der Waals surface area contributed by atoms with Crippen LogP contribution in [-0.4, -0.2) is 36.5 Å². The van der Waals surface area contributed by atoms with Crippen LogP contribution in [0, 0.1) is 0 Å². The van der Waals surface area contributed by atoms with Gasteiger partial charge in [-0.1, -0.05) is 0 Å². The minimum Gasteiger partial charge on any atom is -0.369 e. The van der Waals surface area contributed by atoms with Crippen molar-refractivity contribution in [2.75, 3.05) is 19.6 Å². The Morgan fingerprint density at radius 2 is 2.36 bits per heavy atom. The molecule has 0 aliphatic carbocycles. The van der Waals surface area contributed by atoms with Gasteiger partial charge in [-0.3, -0.25) is 9.69 Å². The summed E-state index contributed by atoms with van der Waals surface area (Å²) >= 11 is 0.